The number of hydrogen-bond acceptors (Lipinski definition) is 4. The molecule has 8 nitrogen and oxygen atoms in total. The Balaban J connectivity index is 2.04. The Kier molecular flexibility index (Phi) is 4.91. The average molecular weight is 325 g/mol. The van der Waals surface area contributed by atoms with Gasteiger partial charge in [0, 0.05) is 19.0 Å². The van der Waals surface area contributed by atoms with E-state index < -0.39 is 23.4 Å². The van der Waals surface area contributed by atoms with E-state index >= 15 is 0 Å². The second-order valence-electron chi connectivity index (χ2n) is 6.57. The van der Waals surface area contributed by atoms with E-state index in [1.807, 2.05) is 0 Å². The molecule has 0 aromatic carbocycles. The summed E-state index contributed by atoms with van der Waals surface area (Å²) in [6, 6.07) is -0.677. The summed E-state index contributed by atoms with van der Waals surface area (Å²) >= 11 is 0. The van der Waals surface area contributed by atoms with Crippen molar-refractivity contribution in [2.45, 2.75) is 57.5 Å². The van der Waals surface area contributed by atoms with E-state index in [9.17, 15) is 19.2 Å². The number of carboxylic acids is 1. The highest BCUT2D eigenvalue weighted by Crippen LogP contribution is 2.24. The molecule has 0 radical (unpaired) electrons. The standard InChI is InChI=1S/C15H23N3O5/c1-15(2)13(22)16-14(23)18(15)9-11(19)17-8-4-3-5-10(17)6-7-12(20)21/h10H,3-9H2,1-2H3,(H,20,21)(H,16,22,23). The van der Waals surface area contributed by atoms with E-state index in [0.29, 0.717) is 13.0 Å². The van der Waals surface area contributed by atoms with Crippen LogP contribution in [0.25, 0.3) is 0 Å². The van der Waals surface area contributed by atoms with Gasteiger partial charge in [0.15, 0.2) is 0 Å². The van der Waals surface area contributed by atoms with Crippen LogP contribution in [-0.2, 0) is 14.4 Å². The molecule has 2 aliphatic heterocycles. The molecule has 0 aliphatic carbocycles. The summed E-state index contributed by atoms with van der Waals surface area (Å²) in [7, 11) is 0. The minimum absolute atomic E-state index is 0.0165. The fourth-order valence-electron chi connectivity index (χ4n) is 3.11. The maximum Gasteiger partial charge on any atom is 0.325 e. The number of carbonyl (C=O) groups excluding carboxylic acids is 3. The topological polar surface area (TPSA) is 107 Å². The lowest BCUT2D eigenvalue weighted by Crippen LogP contribution is -2.52. The predicted octanol–water partition coefficient (Wildman–Crippen LogP) is 0.563. The lowest BCUT2D eigenvalue weighted by atomic mass is 9.97. The van der Waals surface area contributed by atoms with Gasteiger partial charge in [-0.25, -0.2) is 4.79 Å². The Morgan fingerprint density at radius 2 is 2.00 bits per heavy atom. The maximum absolute atomic E-state index is 12.6. The van der Waals surface area contributed by atoms with Gasteiger partial charge in [-0.2, -0.15) is 0 Å². The predicted molar refractivity (Wildman–Crippen MR) is 80.5 cm³/mol. The van der Waals surface area contributed by atoms with Crippen molar-refractivity contribution in [1.29, 1.82) is 0 Å². The molecule has 1 unspecified atom stereocenters. The summed E-state index contributed by atoms with van der Waals surface area (Å²) in [5, 5.41) is 11.0. The fourth-order valence-corrected chi connectivity index (χ4v) is 3.11. The first-order valence-corrected chi connectivity index (χ1v) is 7.88. The lowest BCUT2D eigenvalue weighted by molar-refractivity contribution is -0.141. The molecule has 0 aromatic rings. The molecule has 4 amide bonds. The number of aliphatic carboxylic acids is 1. The molecule has 2 fully saturated rings. The van der Waals surface area contributed by atoms with E-state index in [2.05, 4.69) is 5.32 Å². The number of carboxylic acid groups (broad SMARTS) is 1. The molecule has 0 bridgehead atoms. The molecule has 0 saturated carbocycles. The Labute approximate surface area is 134 Å². The first-order chi connectivity index (χ1) is 10.7. The SMILES string of the molecule is CC1(C)C(=O)NC(=O)N1CC(=O)N1CCCCC1CCC(=O)O. The van der Waals surface area contributed by atoms with Crippen LogP contribution in [0, 0.1) is 0 Å². The Morgan fingerprint density at radius 1 is 1.30 bits per heavy atom. The van der Waals surface area contributed by atoms with Gasteiger partial charge in [0.2, 0.25) is 5.91 Å². The van der Waals surface area contributed by atoms with Crippen LogP contribution in [0.4, 0.5) is 4.79 Å². The third-order valence-corrected chi connectivity index (χ3v) is 4.63. The van der Waals surface area contributed by atoms with Crippen LogP contribution >= 0.6 is 0 Å². The molecule has 2 N–H and O–H groups in total. The number of hydrogen-bond donors (Lipinski definition) is 2. The molecule has 2 heterocycles. The Bertz CT molecular complexity index is 531. The van der Waals surface area contributed by atoms with Crippen molar-refractivity contribution < 1.29 is 24.3 Å². The summed E-state index contributed by atoms with van der Waals surface area (Å²) < 4.78 is 0. The largest absolute Gasteiger partial charge is 0.481 e. The number of imide groups is 1. The number of rotatable bonds is 5. The summed E-state index contributed by atoms with van der Waals surface area (Å²) in [5.74, 6) is -1.54. The summed E-state index contributed by atoms with van der Waals surface area (Å²) in [6.07, 6.45) is 3.03. The molecule has 128 valence electrons. The zero-order valence-corrected chi connectivity index (χ0v) is 13.5. The van der Waals surface area contributed by atoms with Gasteiger partial charge >= 0.3 is 12.0 Å². The van der Waals surface area contributed by atoms with Crippen LogP contribution in [0.5, 0.6) is 0 Å². The first kappa shape index (κ1) is 17.2. The van der Waals surface area contributed by atoms with Gasteiger partial charge in [0.05, 0.1) is 0 Å². The smallest absolute Gasteiger partial charge is 0.325 e. The van der Waals surface area contributed by atoms with Crippen molar-refractivity contribution >= 4 is 23.8 Å². The molecular weight excluding hydrogens is 302 g/mol. The lowest BCUT2D eigenvalue weighted by Gasteiger charge is -2.37. The second-order valence-corrected chi connectivity index (χ2v) is 6.57. The van der Waals surface area contributed by atoms with Gasteiger partial charge in [-0.15, -0.1) is 0 Å². The third-order valence-electron chi connectivity index (χ3n) is 4.63. The van der Waals surface area contributed by atoms with Crippen molar-refractivity contribution in [2.24, 2.45) is 0 Å². The van der Waals surface area contributed by atoms with E-state index in [-0.39, 0.29) is 24.9 Å². The number of piperidine rings is 1. The molecular formula is C15H23N3O5. The first-order valence-electron chi connectivity index (χ1n) is 7.88. The van der Waals surface area contributed by atoms with Crippen molar-refractivity contribution in [3.63, 3.8) is 0 Å². The molecule has 8 heteroatoms. The molecule has 2 rings (SSSR count). The van der Waals surface area contributed by atoms with Gasteiger partial charge in [-0.1, -0.05) is 0 Å². The highest BCUT2D eigenvalue weighted by atomic mass is 16.4. The molecule has 1 atom stereocenters. The summed E-state index contributed by atoms with van der Waals surface area (Å²) in [6.45, 7) is 3.58. The van der Waals surface area contributed by atoms with E-state index in [4.69, 9.17) is 5.11 Å². The van der Waals surface area contributed by atoms with Crippen LogP contribution in [0.2, 0.25) is 0 Å². The minimum atomic E-state index is -1.06. The van der Waals surface area contributed by atoms with Crippen molar-refractivity contribution in [1.82, 2.24) is 15.1 Å². The molecule has 2 aliphatic rings. The van der Waals surface area contributed by atoms with Gasteiger partial charge in [0.25, 0.3) is 5.91 Å². The van der Waals surface area contributed by atoms with E-state index in [1.54, 1.807) is 18.7 Å². The molecule has 0 aromatic heterocycles. The highest BCUT2D eigenvalue weighted by Gasteiger charge is 2.46. The van der Waals surface area contributed by atoms with Gasteiger partial charge in [-0.05, 0) is 39.5 Å². The summed E-state index contributed by atoms with van der Waals surface area (Å²) in [4.78, 5) is 49.9. The molecule has 0 spiro atoms. The van der Waals surface area contributed by atoms with Gasteiger partial charge < -0.3 is 14.9 Å². The number of likely N-dealkylation sites (tertiary alicyclic amines) is 1. The van der Waals surface area contributed by atoms with Crippen LogP contribution < -0.4 is 5.32 Å². The number of nitrogens with one attached hydrogen (secondary N) is 1. The second kappa shape index (κ2) is 6.55. The summed E-state index contributed by atoms with van der Waals surface area (Å²) in [5.41, 5.74) is -1.06. The van der Waals surface area contributed by atoms with Gasteiger partial charge in [0.1, 0.15) is 12.1 Å². The Hall–Kier alpha value is -2.12. The Morgan fingerprint density at radius 3 is 2.57 bits per heavy atom. The molecule has 23 heavy (non-hydrogen) atoms. The minimum Gasteiger partial charge on any atom is -0.481 e. The number of amides is 4. The van der Waals surface area contributed by atoms with Gasteiger partial charge in [-0.3, -0.25) is 19.7 Å². The highest BCUT2D eigenvalue weighted by molar-refractivity contribution is 6.07. The zero-order valence-electron chi connectivity index (χ0n) is 13.5. The monoisotopic (exact) mass is 325 g/mol. The van der Waals surface area contributed by atoms with Crippen molar-refractivity contribution in [2.75, 3.05) is 13.1 Å². The molecule has 2 saturated heterocycles. The van der Waals surface area contributed by atoms with E-state index in [0.717, 1.165) is 19.3 Å². The van der Waals surface area contributed by atoms with Crippen LogP contribution in [0.3, 0.4) is 0 Å². The number of urea groups is 1. The average Bonchev–Trinajstić information content (AvgIpc) is 2.67. The number of carbonyl (C=O) groups is 4. The normalized spacial score (nSPS) is 23.8. The van der Waals surface area contributed by atoms with E-state index in [1.165, 1.54) is 4.90 Å². The van der Waals surface area contributed by atoms with Crippen LogP contribution in [-0.4, -0.2) is 63.4 Å². The third kappa shape index (κ3) is 3.62. The van der Waals surface area contributed by atoms with Crippen LogP contribution in [0.1, 0.15) is 46.0 Å². The van der Waals surface area contributed by atoms with Crippen LogP contribution in [0.15, 0.2) is 0 Å². The zero-order chi connectivity index (χ0) is 17.2. The maximum atomic E-state index is 12.6. The quantitative estimate of drug-likeness (QED) is 0.718. The number of nitrogens with zero attached hydrogens (tertiary/aromatic N) is 2. The fraction of sp³-hybridized carbons (Fsp3) is 0.733. The van der Waals surface area contributed by atoms with Crippen molar-refractivity contribution in [3.8, 4) is 0 Å². The van der Waals surface area contributed by atoms with Crippen molar-refractivity contribution in [3.05, 3.63) is 0 Å².